The summed E-state index contributed by atoms with van der Waals surface area (Å²) < 4.78 is 11.2. The number of para-hydroxylation sites is 2. The highest BCUT2D eigenvalue weighted by Crippen LogP contribution is 2.31. The van der Waals surface area contributed by atoms with Crippen LogP contribution in [-0.2, 0) is 4.79 Å². The third-order valence-electron chi connectivity index (χ3n) is 3.48. The molecule has 3 rings (SSSR count). The first-order chi connectivity index (χ1) is 10.5. The highest BCUT2D eigenvalue weighted by atomic mass is 16.6. The Bertz CT molecular complexity index is 756. The molecule has 22 heavy (non-hydrogen) atoms. The van der Waals surface area contributed by atoms with Crippen LogP contribution in [0.3, 0.4) is 0 Å². The number of benzene rings is 1. The molecule has 2 aromatic rings. The number of aromatic amines is 1. The lowest BCUT2D eigenvalue weighted by atomic mass is 10.2. The molecule has 0 spiro atoms. The Morgan fingerprint density at radius 3 is 2.73 bits per heavy atom. The van der Waals surface area contributed by atoms with Crippen molar-refractivity contribution in [2.45, 2.75) is 20.0 Å². The average molecular weight is 300 g/mol. The van der Waals surface area contributed by atoms with E-state index in [9.17, 15) is 9.59 Å². The number of rotatable bonds is 2. The normalized spacial score (nSPS) is 16.2. The average Bonchev–Trinajstić information content (AvgIpc) is 2.50. The number of aromatic nitrogens is 1. The van der Waals surface area contributed by atoms with Gasteiger partial charge < -0.3 is 19.8 Å². The lowest BCUT2D eigenvalue weighted by molar-refractivity contribution is -0.125. The van der Waals surface area contributed by atoms with Crippen molar-refractivity contribution in [2.24, 2.45) is 0 Å². The van der Waals surface area contributed by atoms with E-state index >= 15 is 0 Å². The molecule has 2 N–H and O–H groups in total. The molecule has 114 valence electrons. The Morgan fingerprint density at radius 1 is 1.27 bits per heavy atom. The number of carbonyl (C=O) groups excluding carboxylic acids is 1. The van der Waals surface area contributed by atoms with Crippen LogP contribution in [0.15, 0.2) is 35.1 Å². The van der Waals surface area contributed by atoms with Gasteiger partial charge in [-0.3, -0.25) is 9.59 Å². The first kappa shape index (κ1) is 14.2. The van der Waals surface area contributed by atoms with Crippen molar-refractivity contribution in [3.05, 3.63) is 51.9 Å². The summed E-state index contributed by atoms with van der Waals surface area (Å²) in [5, 5.41) is 2.79. The van der Waals surface area contributed by atoms with Crippen molar-refractivity contribution in [3.63, 3.8) is 0 Å². The molecule has 1 aromatic heterocycles. The molecular weight excluding hydrogens is 284 g/mol. The Labute approximate surface area is 127 Å². The number of fused-ring (bicyclic) bond motifs is 1. The van der Waals surface area contributed by atoms with Crippen LogP contribution in [0.5, 0.6) is 11.5 Å². The topological polar surface area (TPSA) is 80.4 Å². The van der Waals surface area contributed by atoms with Gasteiger partial charge in [0.15, 0.2) is 11.5 Å². The Hall–Kier alpha value is -2.76. The molecule has 1 aliphatic rings. The summed E-state index contributed by atoms with van der Waals surface area (Å²) in [5.41, 5.74) is 1.70. The van der Waals surface area contributed by atoms with E-state index in [4.69, 9.17) is 9.47 Å². The van der Waals surface area contributed by atoms with Gasteiger partial charge in [-0.15, -0.1) is 0 Å². The van der Waals surface area contributed by atoms with Gasteiger partial charge in [0.05, 0.1) is 5.69 Å². The minimum absolute atomic E-state index is 0.143. The number of aryl methyl sites for hydroxylation is 2. The van der Waals surface area contributed by atoms with Crippen LogP contribution in [0.25, 0.3) is 0 Å². The van der Waals surface area contributed by atoms with Crippen LogP contribution in [0.2, 0.25) is 0 Å². The molecule has 0 saturated carbocycles. The number of H-pyrrole nitrogens is 1. The number of hydrogen-bond acceptors (Lipinski definition) is 4. The lowest BCUT2D eigenvalue weighted by Crippen LogP contribution is -2.40. The number of pyridine rings is 1. The van der Waals surface area contributed by atoms with E-state index in [1.165, 1.54) is 6.07 Å². The molecule has 0 aliphatic carbocycles. The van der Waals surface area contributed by atoms with Crippen molar-refractivity contribution in [3.8, 4) is 11.5 Å². The third-order valence-corrected chi connectivity index (χ3v) is 3.48. The van der Waals surface area contributed by atoms with E-state index in [2.05, 4.69) is 10.3 Å². The number of nitrogens with one attached hydrogen (secondary N) is 2. The van der Waals surface area contributed by atoms with Gasteiger partial charge in [0.25, 0.3) is 5.91 Å². The predicted molar refractivity (Wildman–Crippen MR) is 81.5 cm³/mol. The molecule has 1 atom stereocenters. The SMILES string of the molecule is Cc1cc(=O)[nH]c(C)c1NC(=O)C1COc2ccccc2O1. The smallest absolute Gasteiger partial charge is 0.269 e. The molecule has 1 unspecified atom stereocenters. The zero-order valence-electron chi connectivity index (χ0n) is 12.3. The maximum Gasteiger partial charge on any atom is 0.269 e. The second-order valence-electron chi connectivity index (χ2n) is 5.17. The van der Waals surface area contributed by atoms with Gasteiger partial charge in [-0.1, -0.05) is 12.1 Å². The number of hydrogen-bond donors (Lipinski definition) is 2. The van der Waals surface area contributed by atoms with E-state index in [-0.39, 0.29) is 18.1 Å². The fourth-order valence-electron chi connectivity index (χ4n) is 2.39. The van der Waals surface area contributed by atoms with Crippen molar-refractivity contribution in [2.75, 3.05) is 11.9 Å². The van der Waals surface area contributed by atoms with E-state index in [0.29, 0.717) is 28.4 Å². The molecule has 0 radical (unpaired) electrons. The van der Waals surface area contributed by atoms with Gasteiger partial charge in [-0.2, -0.15) is 0 Å². The van der Waals surface area contributed by atoms with Gasteiger partial charge in [0, 0.05) is 11.8 Å². The van der Waals surface area contributed by atoms with Crippen LogP contribution in [0, 0.1) is 13.8 Å². The summed E-state index contributed by atoms with van der Waals surface area (Å²) in [4.78, 5) is 26.4. The number of anilines is 1. The fourth-order valence-corrected chi connectivity index (χ4v) is 2.39. The van der Waals surface area contributed by atoms with Gasteiger partial charge in [-0.25, -0.2) is 0 Å². The van der Waals surface area contributed by atoms with Crippen LogP contribution in [-0.4, -0.2) is 23.6 Å². The monoisotopic (exact) mass is 300 g/mol. The summed E-state index contributed by atoms with van der Waals surface area (Å²) in [7, 11) is 0. The second-order valence-corrected chi connectivity index (χ2v) is 5.17. The molecule has 6 nitrogen and oxygen atoms in total. The summed E-state index contributed by atoms with van der Waals surface area (Å²) in [6, 6.07) is 8.65. The molecule has 1 aromatic carbocycles. The van der Waals surface area contributed by atoms with Gasteiger partial charge in [0.2, 0.25) is 11.7 Å². The molecule has 2 heterocycles. The van der Waals surface area contributed by atoms with Crippen LogP contribution < -0.4 is 20.3 Å². The van der Waals surface area contributed by atoms with Crippen LogP contribution in [0.1, 0.15) is 11.3 Å². The summed E-state index contributed by atoms with van der Waals surface area (Å²) in [6.07, 6.45) is -0.736. The first-order valence-corrected chi connectivity index (χ1v) is 6.94. The van der Waals surface area contributed by atoms with E-state index in [1.54, 1.807) is 26.0 Å². The Balaban J connectivity index is 1.78. The standard InChI is InChI=1S/C16H16N2O4/c1-9-7-14(19)17-10(2)15(9)18-16(20)13-8-21-11-5-3-4-6-12(11)22-13/h3-7,13H,8H2,1-2H3,(H,17,19)(H,18,20). The second kappa shape index (κ2) is 5.55. The van der Waals surface area contributed by atoms with E-state index in [1.807, 2.05) is 12.1 Å². The van der Waals surface area contributed by atoms with Crippen molar-refractivity contribution < 1.29 is 14.3 Å². The van der Waals surface area contributed by atoms with E-state index in [0.717, 1.165) is 0 Å². The number of ether oxygens (including phenoxy) is 2. The summed E-state index contributed by atoms with van der Waals surface area (Å²) >= 11 is 0. The largest absolute Gasteiger partial charge is 0.485 e. The van der Waals surface area contributed by atoms with Crippen molar-refractivity contribution in [1.29, 1.82) is 0 Å². The molecule has 1 aliphatic heterocycles. The number of carbonyl (C=O) groups is 1. The minimum atomic E-state index is -0.736. The zero-order chi connectivity index (χ0) is 15.7. The third kappa shape index (κ3) is 2.67. The molecule has 6 heteroatoms. The van der Waals surface area contributed by atoms with Gasteiger partial charge in [0.1, 0.15) is 6.61 Å². The quantitative estimate of drug-likeness (QED) is 0.885. The van der Waals surface area contributed by atoms with Gasteiger partial charge >= 0.3 is 0 Å². The number of amides is 1. The molecule has 0 fully saturated rings. The van der Waals surface area contributed by atoms with Crippen molar-refractivity contribution in [1.82, 2.24) is 4.98 Å². The maximum atomic E-state index is 12.4. The molecule has 0 saturated heterocycles. The molecule has 1 amide bonds. The zero-order valence-corrected chi connectivity index (χ0v) is 12.3. The highest BCUT2D eigenvalue weighted by Gasteiger charge is 2.27. The Morgan fingerprint density at radius 2 is 2.00 bits per heavy atom. The predicted octanol–water partition coefficient (Wildman–Crippen LogP) is 1.77. The van der Waals surface area contributed by atoms with Crippen LogP contribution >= 0.6 is 0 Å². The van der Waals surface area contributed by atoms with Crippen LogP contribution in [0.4, 0.5) is 5.69 Å². The van der Waals surface area contributed by atoms with Crippen molar-refractivity contribution >= 4 is 11.6 Å². The van der Waals surface area contributed by atoms with E-state index < -0.39 is 6.10 Å². The first-order valence-electron chi connectivity index (χ1n) is 6.94. The Kier molecular flexibility index (Phi) is 3.58. The minimum Gasteiger partial charge on any atom is -0.485 e. The summed E-state index contributed by atoms with van der Waals surface area (Å²) in [5.74, 6) is 0.861. The van der Waals surface area contributed by atoms with Gasteiger partial charge in [-0.05, 0) is 31.5 Å². The summed E-state index contributed by atoms with van der Waals surface area (Å²) in [6.45, 7) is 3.65. The highest BCUT2D eigenvalue weighted by molar-refractivity contribution is 5.95. The fraction of sp³-hybridized carbons (Fsp3) is 0.250. The molecular formula is C16H16N2O4. The maximum absolute atomic E-state index is 12.4. The molecule has 0 bridgehead atoms. The lowest BCUT2D eigenvalue weighted by Gasteiger charge is -2.26.